The van der Waals surface area contributed by atoms with Crippen molar-refractivity contribution in [3.05, 3.63) is 122 Å². The van der Waals surface area contributed by atoms with Crippen molar-refractivity contribution in [3.8, 4) is 16.5 Å². The molecule has 16 heteroatoms. The first-order valence-corrected chi connectivity index (χ1v) is 25.0. The molecule has 2 aromatic carbocycles. The van der Waals surface area contributed by atoms with Gasteiger partial charge in [0.05, 0.1) is 24.4 Å². The summed E-state index contributed by atoms with van der Waals surface area (Å²) in [7, 11) is 0. The summed E-state index contributed by atoms with van der Waals surface area (Å²) in [5.41, 5.74) is 5.67. The van der Waals surface area contributed by atoms with Gasteiger partial charge >= 0.3 is 0 Å². The zero-order valence-electron chi connectivity index (χ0n) is 39.1. The molecule has 14 nitrogen and oxygen atoms in total. The number of nitrogens with one attached hydrogen (secondary N) is 1. The first-order chi connectivity index (χ1) is 32.4. The van der Waals surface area contributed by atoms with Crippen molar-refractivity contribution < 1.29 is 18.7 Å². The van der Waals surface area contributed by atoms with Gasteiger partial charge in [-0.2, -0.15) is 0 Å². The van der Waals surface area contributed by atoms with Gasteiger partial charge in [-0.1, -0.05) is 17.7 Å². The number of anilines is 1. The van der Waals surface area contributed by atoms with E-state index in [1.54, 1.807) is 29.9 Å². The number of carbonyl (C=O) groups is 1. The molecule has 350 valence electrons. The third-order valence-electron chi connectivity index (χ3n) is 14.2. The zero-order chi connectivity index (χ0) is 46.3. The van der Waals surface area contributed by atoms with E-state index in [9.17, 15) is 4.79 Å². The molecule has 2 saturated carbocycles. The van der Waals surface area contributed by atoms with E-state index < -0.39 is 0 Å². The van der Waals surface area contributed by atoms with E-state index >= 15 is 0 Å². The van der Waals surface area contributed by atoms with Gasteiger partial charge in [0.15, 0.2) is 23.2 Å². The van der Waals surface area contributed by atoms with Crippen molar-refractivity contribution in [2.45, 2.75) is 142 Å². The highest BCUT2D eigenvalue weighted by Crippen LogP contribution is 2.41. The standard InChI is InChI=1S/C51H59ClN10O4S/c1-29(2)61(36-19-22-60(23-20-36)45-18-17-43(57-58-45)50(63)54-35-10-15-39(16-11-35)65-40-12-7-30(3)42(52)27-40)37-25-41(26-37)66-38-13-8-34(9-14-38)48-47-31(4)32(5)67-51(47)62-33(6)56-59-49(62)44(55-48)28-46-53-21-24-64-46/h7-9,12-14,17-18,21,24,27,29,35-37,39,41,44H,10-11,15-16,19-20,22-23,25-26,28H2,1-6H3,(H,54,63)/t35-,37-,39-,41+,44-/m0/s1. The number of aromatic nitrogens is 6. The zero-order valence-corrected chi connectivity index (χ0v) is 40.7. The fourth-order valence-corrected chi connectivity index (χ4v) is 11.8. The van der Waals surface area contributed by atoms with Gasteiger partial charge in [0, 0.05) is 71.1 Å². The molecule has 0 unspecified atom stereocenters. The summed E-state index contributed by atoms with van der Waals surface area (Å²) in [6, 6.07) is 19.2. The fraction of sp³-hybridized carbons (Fsp3) is 0.471. The number of halogens is 1. The van der Waals surface area contributed by atoms with Crippen LogP contribution in [0.1, 0.15) is 126 Å². The molecule has 6 aromatic rings. The molecule has 1 saturated heterocycles. The minimum absolute atomic E-state index is 0.0847. The molecule has 3 fully saturated rings. The number of hydrogen-bond acceptors (Lipinski definition) is 13. The number of aliphatic imine (C=N–C) groups is 1. The van der Waals surface area contributed by atoms with Gasteiger partial charge in [-0.3, -0.25) is 19.3 Å². The Morgan fingerprint density at radius 3 is 2.31 bits per heavy atom. The monoisotopic (exact) mass is 942 g/mol. The predicted molar refractivity (Wildman–Crippen MR) is 260 cm³/mol. The van der Waals surface area contributed by atoms with Crippen LogP contribution in [0.4, 0.5) is 5.82 Å². The first kappa shape index (κ1) is 45.2. The maximum atomic E-state index is 13.2. The Kier molecular flexibility index (Phi) is 12.9. The summed E-state index contributed by atoms with van der Waals surface area (Å²) < 4.78 is 20.6. The first-order valence-electron chi connectivity index (χ1n) is 23.8. The lowest BCUT2D eigenvalue weighted by Crippen LogP contribution is -2.57. The number of amides is 1. The van der Waals surface area contributed by atoms with Gasteiger partial charge in [0.2, 0.25) is 0 Å². The molecule has 67 heavy (non-hydrogen) atoms. The van der Waals surface area contributed by atoms with Crippen molar-refractivity contribution in [2.24, 2.45) is 4.99 Å². The Bertz CT molecular complexity index is 2710. The highest BCUT2D eigenvalue weighted by molar-refractivity contribution is 7.15. The van der Waals surface area contributed by atoms with Crippen molar-refractivity contribution >= 4 is 40.4 Å². The van der Waals surface area contributed by atoms with E-state index in [1.165, 1.54) is 10.4 Å². The topological polar surface area (TPSA) is 149 Å². The summed E-state index contributed by atoms with van der Waals surface area (Å²) in [5, 5.41) is 22.9. The van der Waals surface area contributed by atoms with Crippen LogP contribution in [0.2, 0.25) is 5.02 Å². The molecule has 0 bridgehead atoms. The van der Waals surface area contributed by atoms with E-state index in [-0.39, 0.29) is 30.2 Å². The number of thiophene rings is 1. The minimum atomic E-state index is -0.317. The second-order valence-corrected chi connectivity index (χ2v) is 20.5. The molecule has 1 atom stereocenters. The number of nitrogens with zero attached hydrogens (tertiary/aromatic N) is 9. The Balaban J connectivity index is 0.711. The van der Waals surface area contributed by atoms with Gasteiger partial charge in [0.25, 0.3) is 5.91 Å². The van der Waals surface area contributed by atoms with E-state index in [0.29, 0.717) is 41.2 Å². The number of benzene rings is 2. The Morgan fingerprint density at radius 1 is 0.881 bits per heavy atom. The number of piperidine rings is 1. The van der Waals surface area contributed by atoms with Gasteiger partial charge < -0.3 is 24.1 Å². The fourth-order valence-electron chi connectivity index (χ4n) is 10.4. The molecule has 1 N–H and O–H groups in total. The maximum absolute atomic E-state index is 13.2. The van der Waals surface area contributed by atoms with Gasteiger partial charge in [0.1, 0.15) is 40.7 Å². The lowest BCUT2D eigenvalue weighted by molar-refractivity contribution is -0.0258. The average Bonchev–Trinajstić information content (AvgIpc) is 4.03. The molecule has 0 radical (unpaired) electrons. The number of carbonyl (C=O) groups excluding carboxylic acids is 1. The largest absolute Gasteiger partial charge is 0.490 e. The molecule has 4 aliphatic rings. The normalized spacial score (nSPS) is 21.9. The minimum Gasteiger partial charge on any atom is -0.490 e. The highest BCUT2D eigenvalue weighted by atomic mass is 35.5. The third-order valence-corrected chi connectivity index (χ3v) is 15.8. The highest BCUT2D eigenvalue weighted by Gasteiger charge is 2.41. The third kappa shape index (κ3) is 9.47. The van der Waals surface area contributed by atoms with Gasteiger partial charge in [-0.15, -0.1) is 31.7 Å². The van der Waals surface area contributed by atoms with Gasteiger partial charge in [-0.05, 0) is 140 Å². The van der Waals surface area contributed by atoms with Gasteiger partial charge in [-0.25, -0.2) is 4.98 Å². The van der Waals surface area contributed by atoms with Crippen molar-refractivity contribution in [2.75, 3.05) is 18.0 Å². The molecule has 1 amide bonds. The molecular formula is C51H59ClN10O4S. The number of hydrogen-bond donors (Lipinski definition) is 1. The Labute approximate surface area is 401 Å². The Morgan fingerprint density at radius 2 is 1.63 bits per heavy atom. The Hall–Kier alpha value is -5.64. The predicted octanol–water partition coefficient (Wildman–Crippen LogP) is 9.54. The van der Waals surface area contributed by atoms with Crippen LogP contribution in [0.25, 0.3) is 5.00 Å². The van der Waals surface area contributed by atoms with Crippen LogP contribution < -0.4 is 19.7 Å². The molecule has 0 spiro atoms. The number of aryl methyl sites for hydroxylation is 3. The number of ether oxygens (including phenoxy) is 2. The van der Waals surface area contributed by atoms with Crippen LogP contribution in [-0.4, -0.2) is 95.9 Å². The van der Waals surface area contributed by atoms with E-state index in [2.05, 4.69) is 97.0 Å². The van der Waals surface area contributed by atoms with E-state index in [0.717, 1.165) is 121 Å². The summed E-state index contributed by atoms with van der Waals surface area (Å²) >= 11 is 8.04. The maximum Gasteiger partial charge on any atom is 0.272 e. The van der Waals surface area contributed by atoms with E-state index in [4.69, 9.17) is 30.5 Å². The molecule has 2 aliphatic carbocycles. The summed E-state index contributed by atoms with van der Waals surface area (Å²) in [5.74, 6) is 4.54. The van der Waals surface area contributed by atoms with Crippen LogP contribution in [-0.2, 0) is 6.42 Å². The van der Waals surface area contributed by atoms with Crippen molar-refractivity contribution in [1.82, 2.24) is 40.2 Å². The number of rotatable bonds is 13. The summed E-state index contributed by atoms with van der Waals surface area (Å²) in [6.07, 6.45) is 11.5. The number of oxazole rings is 1. The molecule has 6 heterocycles. The SMILES string of the molecule is Cc1ccc(O[C@H]2CC[C@H](NC(=O)c3ccc(N4CCC(N(C(C)C)[C@H]5C[C@@H](Oc6ccc(C7=N[C@@H](Cc8ncco8)c8nnc(C)n8-c8sc(C)c(C)c87)cc6)C5)CC4)nn3)CC2)cc1Cl. The number of fused-ring (bicyclic) bond motifs is 3. The smallest absolute Gasteiger partial charge is 0.272 e. The second kappa shape index (κ2) is 19.2. The quantitative estimate of drug-likeness (QED) is 0.118. The molecule has 2 aliphatic heterocycles. The van der Waals surface area contributed by atoms with Crippen LogP contribution in [0, 0.1) is 27.7 Å². The summed E-state index contributed by atoms with van der Waals surface area (Å²) in [6.45, 7) is 14.7. The molecule has 4 aromatic heterocycles. The van der Waals surface area contributed by atoms with E-state index in [1.807, 2.05) is 38.1 Å². The average molecular weight is 944 g/mol. The van der Waals surface area contributed by atoms with Crippen LogP contribution in [0.5, 0.6) is 11.5 Å². The lowest BCUT2D eigenvalue weighted by Gasteiger charge is -2.50. The molecular weight excluding hydrogens is 884 g/mol. The van der Waals surface area contributed by atoms with Crippen LogP contribution in [0.3, 0.4) is 0 Å². The molecule has 10 rings (SSSR count). The van der Waals surface area contributed by atoms with Crippen molar-refractivity contribution in [1.29, 1.82) is 0 Å². The van der Waals surface area contributed by atoms with Crippen molar-refractivity contribution in [3.63, 3.8) is 0 Å². The summed E-state index contributed by atoms with van der Waals surface area (Å²) in [4.78, 5) is 29.2. The van der Waals surface area contributed by atoms with Crippen LogP contribution >= 0.6 is 22.9 Å². The second-order valence-electron chi connectivity index (χ2n) is 18.9. The lowest BCUT2D eigenvalue weighted by atomic mass is 9.84. The van der Waals surface area contributed by atoms with Crippen LogP contribution in [0.15, 0.2) is 76.5 Å².